The number of halogens is 1. The third-order valence-corrected chi connectivity index (χ3v) is 6.67. The lowest BCUT2D eigenvalue weighted by atomic mass is 10.0. The molecule has 0 unspecified atom stereocenters. The second-order valence-electron chi connectivity index (χ2n) is 6.58. The first kappa shape index (κ1) is 20.7. The minimum absolute atomic E-state index is 0. The number of hydrogen-bond acceptors (Lipinski definition) is 3. The summed E-state index contributed by atoms with van der Waals surface area (Å²) in [6, 6.07) is 14.8. The highest BCUT2D eigenvalue weighted by molar-refractivity contribution is 7.92. The van der Waals surface area contributed by atoms with E-state index in [1.165, 1.54) is 15.4 Å². The van der Waals surface area contributed by atoms with Crippen LogP contribution in [-0.4, -0.2) is 40.0 Å². The van der Waals surface area contributed by atoms with Gasteiger partial charge in [0.05, 0.1) is 10.6 Å². The van der Waals surface area contributed by atoms with Crippen molar-refractivity contribution < 1.29 is 8.42 Å². The molecule has 0 N–H and O–H groups in total. The maximum atomic E-state index is 13.0. The van der Waals surface area contributed by atoms with E-state index in [-0.39, 0.29) is 12.4 Å². The van der Waals surface area contributed by atoms with Gasteiger partial charge in [-0.25, -0.2) is 8.42 Å². The molecule has 0 saturated heterocycles. The van der Waals surface area contributed by atoms with Gasteiger partial charge in [0.25, 0.3) is 10.0 Å². The summed E-state index contributed by atoms with van der Waals surface area (Å²) in [6.45, 7) is 5.35. The summed E-state index contributed by atoms with van der Waals surface area (Å²) < 4.78 is 27.3. The summed E-state index contributed by atoms with van der Waals surface area (Å²) in [5.74, 6) is 0. The highest BCUT2D eigenvalue weighted by Crippen LogP contribution is 2.25. The maximum absolute atomic E-state index is 13.0. The van der Waals surface area contributed by atoms with Gasteiger partial charge in [0.2, 0.25) is 0 Å². The molecule has 0 spiro atoms. The van der Waals surface area contributed by atoms with Crippen molar-refractivity contribution in [2.24, 2.45) is 0 Å². The minimum atomic E-state index is -3.54. The van der Waals surface area contributed by atoms with E-state index in [0.717, 1.165) is 38.9 Å². The van der Waals surface area contributed by atoms with Crippen molar-refractivity contribution in [1.29, 1.82) is 0 Å². The second kappa shape index (κ2) is 8.89. The van der Waals surface area contributed by atoms with Gasteiger partial charge in [0.15, 0.2) is 0 Å². The monoisotopic (exact) mass is 394 g/mol. The van der Waals surface area contributed by atoms with Crippen LogP contribution in [0.2, 0.25) is 0 Å². The molecule has 1 aliphatic heterocycles. The van der Waals surface area contributed by atoms with Crippen molar-refractivity contribution in [2.75, 3.05) is 31.0 Å². The molecule has 0 amide bonds. The molecule has 6 heteroatoms. The lowest BCUT2D eigenvalue weighted by molar-refractivity contribution is 0.288. The van der Waals surface area contributed by atoms with Gasteiger partial charge in [-0.1, -0.05) is 31.2 Å². The highest BCUT2D eigenvalue weighted by Gasteiger charge is 2.23. The van der Waals surface area contributed by atoms with Crippen LogP contribution in [0.1, 0.15) is 24.5 Å². The van der Waals surface area contributed by atoms with E-state index in [4.69, 9.17) is 0 Å². The molecule has 26 heavy (non-hydrogen) atoms. The fraction of sp³-hybridized carbons (Fsp3) is 0.400. The van der Waals surface area contributed by atoms with Crippen molar-refractivity contribution in [1.82, 2.24) is 4.90 Å². The van der Waals surface area contributed by atoms with E-state index in [2.05, 4.69) is 11.8 Å². The zero-order chi connectivity index (χ0) is 17.9. The molecule has 0 fully saturated rings. The largest absolute Gasteiger partial charge is 0.303 e. The molecule has 0 aromatic heterocycles. The van der Waals surface area contributed by atoms with Gasteiger partial charge < -0.3 is 4.90 Å². The summed E-state index contributed by atoms with van der Waals surface area (Å²) >= 11 is 0. The van der Waals surface area contributed by atoms with Crippen LogP contribution in [0, 0.1) is 0 Å². The van der Waals surface area contributed by atoms with Gasteiger partial charge in [-0.2, -0.15) is 0 Å². The predicted molar refractivity (Wildman–Crippen MR) is 110 cm³/mol. The Bertz CT molecular complexity index is 825. The molecule has 2 aromatic carbocycles. The normalized spacial score (nSPS) is 14.8. The van der Waals surface area contributed by atoms with Crippen molar-refractivity contribution in [3.05, 3.63) is 59.7 Å². The average Bonchev–Trinajstić information content (AvgIpc) is 2.84. The third-order valence-electron chi connectivity index (χ3n) is 4.89. The zero-order valence-corrected chi connectivity index (χ0v) is 17.0. The topological polar surface area (TPSA) is 40.6 Å². The van der Waals surface area contributed by atoms with E-state index >= 15 is 0 Å². The number of anilines is 1. The van der Waals surface area contributed by atoms with Crippen LogP contribution >= 0.6 is 12.4 Å². The molecule has 2 aromatic rings. The summed E-state index contributed by atoms with van der Waals surface area (Å²) in [5, 5.41) is 0. The Morgan fingerprint density at radius 1 is 1.00 bits per heavy atom. The maximum Gasteiger partial charge on any atom is 0.264 e. The first-order valence-electron chi connectivity index (χ1n) is 8.90. The molecule has 142 valence electrons. The second-order valence-corrected chi connectivity index (χ2v) is 8.55. The number of nitrogens with zero attached hydrogens (tertiary/aromatic N) is 2. The summed E-state index contributed by atoms with van der Waals surface area (Å²) in [7, 11) is -1.93. The molecule has 0 atom stereocenters. The molecule has 3 rings (SSSR count). The van der Waals surface area contributed by atoms with E-state index in [9.17, 15) is 8.42 Å². The zero-order valence-electron chi connectivity index (χ0n) is 15.4. The van der Waals surface area contributed by atoms with Gasteiger partial charge in [0.1, 0.15) is 0 Å². The number of sulfonamides is 1. The van der Waals surface area contributed by atoms with Gasteiger partial charge in [-0.15, -0.1) is 12.4 Å². The van der Waals surface area contributed by atoms with E-state index in [0.29, 0.717) is 10.6 Å². The molecule has 0 saturated carbocycles. The lowest BCUT2D eigenvalue weighted by Crippen LogP contribution is -2.27. The molecule has 1 heterocycles. The predicted octanol–water partition coefficient (Wildman–Crippen LogP) is 3.74. The Morgan fingerprint density at radius 3 is 2.31 bits per heavy atom. The van der Waals surface area contributed by atoms with Gasteiger partial charge >= 0.3 is 0 Å². The van der Waals surface area contributed by atoms with Gasteiger partial charge in [0, 0.05) is 20.1 Å². The SMILES string of the molecule is CCCN1CCc2ccc(S(=O)(=O)N(C)c3ccccc3)cc2CC1.Cl. The summed E-state index contributed by atoms with van der Waals surface area (Å²) in [6.07, 6.45) is 3.05. The van der Waals surface area contributed by atoms with Gasteiger partial charge in [-0.3, -0.25) is 4.31 Å². The Labute approximate surface area is 163 Å². The van der Waals surface area contributed by atoms with E-state index in [1.54, 1.807) is 13.1 Å². The fourth-order valence-electron chi connectivity index (χ4n) is 3.38. The Morgan fingerprint density at radius 2 is 1.65 bits per heavy atom. The quantitative estimate of drug-likeness (QED) is 0.775. The molecular formula is C20H27ClN2O2S. The molecule has 0 radical (unpaired) electrons. The smallest absolute Gasteiger partial charge is 0.264 e. The molecule has 4 nitrogen and oxygen atoms in total. The average molecular weight is 395 g/mol. The highest BCUT2D eigenvalue weighted by atomic mass is 35.5. The first-order valence-corrected chi connectivity index (χ1v) is 10.3. The van der Waals surface area contributed by atoms with Crippen LogP contribution in [0.3, 0.4) is 0 Å². The Hall–Kier alpha value is -1.56. The molecule has 0 aliphatic carbocycles. The fourth-order valence-corrected chi connectivity index (χ4v) is 4.63. The first-order chi connectivity index (χ1) is 12.0. The van der Waals surface area contributed by atoms with Crippen LogP contribution < -0.4 is 4.31 Å². The number of hydrogen-bond donors (Lipinski definition) is 0. The van der Waals surface area contributed by atoms with Crippen LogP contribution in [-0.2, 0) is 22.9 Å². The van der Waals surface area contributed by atoms with Gasteiger partial charge in [-0.05, 0) is 61.2 Å². The number of rotatable bonds is 5. The molecule has 1 aliphatic rings. The Kier molecular flexibility index (Phi) is 7.09. The van der Waals surface area contributed by atoms with Crippen molar-refractivity contribution in [2.45, 2.75) is 31.1 Å². The lowest BCUT2D eigenvalue weighted by Gasteiger charge is -2.20. The van der Waals surface area contributed by atoms with Crippen molar-refractivity contribution >= 4 is 28.1 Å². The standard InChI is InChI=1S/C20H26N2O2S.ClH/c1-3-13-22-14-11-17-9-10-20(16-18(17)12-15-22)25(23,24)21(2)19-7-5-4-6-8-19;/h4-10,16H,3,11-15H2,1-2H3;1H. The molecule has 0 bridgehead atoms. The summed E-state index contributed by atoms with van der Waals surface area (Å²) in [5.41, 5.74) is 3.12. The third kappa shape index (κ3) is 4.40. The van der Waals surface area contributed by atoms with Crippen LogP contribution in [0.4, 0.5) is 5.69 Å². The van der Waals surface area contributed by atoms with Crippen molar-refractivity contribution in [3.8, 4) is 0 Å². The summed E-state index contributed by atoms with van der Waals surface area (Å²) in [4.78, 5) is 2.84. The van der Waals surface area contributed by atoms with Crippen LogP contribution in [0.25, 0.3) is 0 Å². The van der Waals surface area contributed by atoms with Crippen LogP contribution in [0.15, 0.2) is 53.4 Å². The van der Waals surface area contributed by atoms with Crippen molar-refractivity contribution in [3.63, 3.8) is 0 Å². The number of fused-ring (bicyclic) bond motifs is 1. The number of para-hydroxylation sites is 1. The van der Waals surface area contributed by atoms with E-state index in [1.807, 2.05) is 42.5 Å². The van der Waals surface area contributed by atoms with Crippen LogP contribution in [0.5, 0.6) is 0 Å². The minimum Gasteiger partial charge on any atom is -0.303 e. The Balaban J connectivity index is 0.00000243. The number of benzene rings is 2. The molecular weight excluding hydrogens is 368 g/mol. The van der Waals surface area contributed by atoms with E-state index < -0.39 is 10.0 Å².